The van der Waals surface area contributed by atoms with Crippen LogP contribution in [0.3, 0.4) is 0 Å². The maximum Gasteiger partial charge on any atom is 0.122 e. The first-order valence-electron chi connectivity index (χ1n) is 7.15. The summed E-state index contributed by atoms with van der Waals surface area (Å²) in [6, 6.07) is 7.07. The Labute approximate surface area is 110 Å². The Kier molecular flexibility index (Phi) is 3.06. The molecule has 1 fully saturated rings. The van der Waals surface area contributed by atoms with Crippen LogP contribution in [0.1, 0.15) is 50.3 Å². The van der Waals surface area contributed by atoms with Crippen molar-refractivity contribution in [2.45, 2.75) is 45.6 Å². The summed E-state index contributed by atoms with van der Waals surface area (Å²) in [6.45, 7) is 6.65. The molecule has 0 spiro atoms. The first-order chi connectivity index (χ1) is 8.66. The van der Waals surface area contributed by atoms with Crippen molar-refractivity contribution >= 4 is 0 Å². The van der Waals surface area contributed by atoms with E-state index in [-0.39, 0.29) is 0 Å². The van der Waals surface area contributed by atoms with Crippen molar-refractivity contribution in [1.82, 2.24) is 5.32 Å². The van der Waals surface area contributed by atoms with Crippen LogP contribution in [0.4, 0.5) is 0 Å². The third-order valence-corrected chi connectivity index (χ3v) is 4.61. The fourth-order valence-electron chi connectivity index (χ4n) is 2.95. The molecule has 1 aliphatic heterocycles. The third-order valence-electron chi connectivity index (χ3n) is 4.61. The first-order valence-corrected chi connectivity index (χ1v) is 7.15. The van der Waals surface area contributed by atoms with E-state index in [0.29, 0.717) is 11.5 Å². The Morgan fingerprint density at radius 2 is 2.22 bits per heavy atom. The molecule has 98 valence electrons. The highest BCUT2D eigenvalue weighted by Crippen LogP contribution is 2.40. The molecule has 1 aromatic carbocycles. The fourth-order valence-corrected chi connectivity index (χ4v) is 2.95. The van der Waals surface area contributed by atoms with Crippen molar-refractivity contribution in [2.24, 2.45) is 5.41 Å². The van der Waals surface area contributed by atoms with E-state index in [1.54, 1.807) is 0 Å². The second kappa shape index (κ2) is 4.58. The Morgan fingerprint density at radius 3 is 2.94 bits per heavy atom. The Balaban J connectivity index is 1.63. The maximum absolute atomic E-state index is 5.55. The van der Waals surface area contributed by atoms with Gasteiger partial charge in [0.2, 0.25) is 0 Å². The number of hydrogen-bond donors (Lipinski definition) is 1. The van der Waals surface area contributed by atoms with Gasteiger partial charge in [-0.3, -0.25) is 0 Å². The summed E-state index contributed by atoms with van der Waals surface area (Å²) in [4.78, 5) is 0. The predicted molar refractivity (Wildman–Crippen MR) is 74.0 cm³/mol. The second-order valence-electron chi connectivity index (χ2n) is 6.23. The predicted octanol–water partition coefficient (Wildman–Crippen LogP) is 3.46. The van der Waals surface area contributed by atoms with Gasteiger partial charge >= 0.3 is 0 Å². The number of ether oxygens (including phenoxy) is 1. The van der Waals surface area contributed by atoms with Gasteiger partial charge in [0.05, 0.1) is 6.61 Å². The molecule has 18 heavy (non-hydrogen) atoms. The van der Waals surface area contributed by atoms with Crippen LogP contribution >= 0.6 is 0 Å². The van der Waals surface area contributed by atoms with Gasteiger partial charge in [0.1, 0.15) is 5.75 Å². The van der Waals surface area contributed by atoms with E-state index < -0.39 is 0 Å². The fraction of sp³-hybridized carbons (Fsp3) is 0.625. The third kappa shape index (κ3) is 2.26. The lowest BCUT2D eigenvalue weighted by molar-refractivity contribution is 0.152. The number of nitrogens with one attached hydrogen (secondary N) is 1. The highest BCUT2D eigenvalue weighted by Gasteiger charge is 2.31. The highest BCUT2D eigenvalue weighted by molar-refractivity contribution is 5.40. The van der Waals surface area contributed by atoms with Gasteiger partial charge < -0.3 is 10.1 Å². The summed E-state index contributed by atoms with van der Waals surface area (Å²) in [6.07, 6.45) is 5.23. The molecule has 1 unspecified atom stereocenters. The van der Waals surface area contributed by atoms with Gasteiger partial charge in [0.15, 0.2) is 0 Å². The summed E-state index contributed by atoms with van der Waals surface area (Å²) in [7, 11) is 0. The normalized spacial score (nSPS) is 21.9. The van der Waals surface area contributed by atoms with Gasteiger partial charge in [-0.1, -0.05) is 25.5 Å². The molecule has 1 aliphatic carbocycles. The van der Waals surface area contributed by atoms with E-state index in [1.807, 2.05) is 0 Å². The zero-order chi connectivity index (χ0) is 12.6. The largest absolute Gasteiger partial charge is 0.493 e. The van der Waals surface area contributed by atoms with Crippen molar-refractivity contribution in [1.29, 1.82) is 0 Å². The summed E-state index contributed by atoms with van der Waals surface area (Å²) >= 11 is 0. The quantitative estimate of drug-likeness (QED) is 0.877. The molecule has 0 bridgehead atoms. The van der Waals surface area contributed by atoms with Crippen molar-refractivity contribution in [2.75, 3.05) is 13.2 Å². The van der Waals surface area contributed by atoms with Crippen LogP contribution in [0, 0.1) is 5.41 Å². The molecule has 1 heterocycles. The minimum atomic E-state index is 0.438. The van der Waals surface area contributed by atoms with E-state index in [2.05, 4.69) is 37.4 Å². The molecule has 2 nitrogen and oxygen atoms in total. The molecule has 2 aliphatic rings. The average molecular weight is 245 g/mol. The molecule has 0 amide bonds. The smallest absolute Gasteiger partial charge is 0.122 e. The lowest BCUT2D eigenvalue weighted by Gasteiger charge is -2.39. The van der Waals surface area contributed by atoms with E-state index >= 15 is 0 Å². The summed E-state index contributed by atoms with van der Waals surface area (Å²) < 4.78 is 5.55. The lowest BCUT2D eigenvalue weighted by atomic mass is 9.70. The Hall–Kier alpha value is -1.02. The van der Waals surface area contributed by atoms with Crippen LogP contribution in [0.25, 0.3) is 0 Å². The molecule has 0 radical (unpaired) electrons. The number of hydrogen-bond acceptors (Lipinski definition) is 2. The second-order valence-corrected chi connectivity index (χ2v) is 6.23. The van der Waals surface area contributed by atoms with Crippen molar-refractivity contribution in [3.05, 3.63) is 29.3 Å². The standard InChI is InChI=1S/C16H23NO/c1-12(17-11-16(2)7-3-8-16)13-4-5-15-14(10-13)6-9-18-15/h4-5,10,12,17H,3,6-9,11H2,1-2H3. The van der Waals surface area contributed by atoms with Crippen LogP contribution < -0.4 is 10.1 Å². The minimum absolute atomic E-state index is 0.438. The molecule has 1 aromatic rings. The van der Waals surface area contributed by atoms with E-state index in [1.165, 1.54) is 30.4 Å². The summed E-state index contributed by atoms with van der Waals surface area (Å²) in [5, 5.41) is 3.69. The van der Waals surface area contributed by atoms with E-state index in [9.17, 15) is 0 Å². The maximum atomic E-state index is 5.55. The lowest BCUT2D eigenvalue weighted by Crippen LogP contribution is -2.38. The molecular weight excluding hydrogens is 222 g/mol. The SMILES string of the molecule is CC(NCC1(C)CCC1)c1ccc2c(c1)CCO2. The number of fused-ring (bicyclic) bond motifs is 1. The first kappa shape index (κ1) is 12.0. The van der Waals surface area contributed by atoms with Crippen LogP contribution in [-0.2, 0) is 6.42 Å². The molecule has 2 heteroatoms. The zero-order valence-electron chi connectivity index (χ0n) is 11.5. The monoisotopic (exact) mass is 245 g/mol. The zero-order valence-corrected chi connectivity index (χ0v) is 11.5. The molecule has 1 N–H and O–H groups in total. The molecule has 1 saturated carbocycles. The molecule has 0 aromatic heterocycles. The Bertz CT molecular complexity index is 437. The minimum Gasteiger partial charge on any atom is -0.493 e. The van der Waals surface area contributed by atoms with Gasteiger partial charge in [-0.25, -0.2) is 0 Å². The summed E-state index contributed by atoms with van der Waals surface area (Å²) in [5.74, 6) is 1.08. The van der Waals surface area contributed by atoms with Crippen LogP contribution in [0.2, 0.25) is 0 Å². The van der Waals surface area contributed by atoms with Gasteiger partial charge in [-0.2, -0.15) is 0 Å². The molecule has 0 saturated heterocycles. The number of rotatable bonds is 4. The summed E-state index contributed by atoms with van der Waals surface area (Å²) in [5.41, 5.74) is 3.31. The van der Waals surface area contributed by atoms with Gasteiger partial charge in [-0.05, 0) is 42.4 Å². The van der Waals surface area contributed by atoms with Crippen molar-refractivity contribution < 1.29 is 4.74 Å². The van der Waals surface area contributed by atoms with Crippen LogP contribution in [0.5, 0.6) is 5.75 Å². The van der Waals surface area contributed by atoms with E-state index in [4.69, 9.17) is 4.74 Å². The van der Waals surface area contributed by atoms with E-state index in [0.717, 1.165) is 25.3 Å². The van der Waals surface area contributed by atoms with Crippen molar-refractivity contribution in [3.8, 4) is 5.75 Å². The number of benzene rings is 1. The van der Waals surface area contributed by atoms with Crippen molar-refractivity contribution in [3.63, 3.8) is 0 Å². The topological polar surface area (TPSA) is 21.3 Å². The Morgan fingerprint density at radius 1 is 1.39 bits per heavy atom. The average Bonchev–Trinajstić information content (AvgIpc) is 2.80. The van der Waals surface area contributed by atoms with Gasteiger partial charge in [-0.15, -0.1) is 0 Å². The molecular formula is C16H23NO. The van der Waals surface area contributed by atoms with Gasteiger partial charge in [0, 0.05) is 19.0 Å². The van der Waals surface area contributed by atoms with Crippen LogP contribution in [0.15, 0.2) is 18.2 Å². The molecule has 3 rings (SSSR count). The van der Waals surface area contributed by atoms with Crippen LogP contribution in [-0.4, -0.2) is 13.2 Å². The van der Waals surface area contributed by atoms with Gasteiger partial charge in [0.25, 0.3) is 0 Å². The molecule has 1 atom stereocenters. The highest BCUT2D eigenvalue weighted by atomic mass is 16.5.